The number of Topliss-reactive ketones (excluding diaryl/α,β-unsaturated/α-hetero) is 1. The van der Waals surface area contributed by atoms with E-state index in [1.807, 2.05) is 0 Å². The van der Waals surface area contributed by atoms with Crippen molar-refractivity contribution in [2.75, 3.05) is 0 Å². The van der Waals surface area contributed by atoms with E-state index in [4.69, 9.17) is 11.0 Å². The van der Waals surface area contributed by atoms with Gasteiger partial charge in [0.2, 0.25) is 0 Å². The van der Waals surface area contributed by atoms with Gasteiger partial charge in [0.15, 0.2) is 5.78 Å². The van der Waals surface area contributed by atoms with Crippen LogP contribution in [0.1, 0.15) is 16.8 Å². The highest BCUT2D eigenvalue weighted by Gasteiger charge is 2.12. The summed E-state index contributed by atoms with van der Waals surface area (Å²) < 4.78 is 13.1. The Bertz CT molecular complexity index is 446. The van der Waals surface area contributed by atoms with Crippen molar-refractivity contribution in [2.24, 2.45) is 5.73 Å². The van der Waals surface area contributed by atoms with Crippen molar-refractivity contribution in [1.82, 2.24) is 0 Å². The van der Waals surface area contributed by atoms with Crippen LogP contribution in [0.3, 0.4) is 0 Å². The molecule has 0 aliphatic heterocycles. The van der Waals surface area contributed by atoms with Crippen molar-refractivity contribution in [3.63, 3.8) is 0 Å². The second-order valence-electron chi connectivity index (χ2n) is 2.88. The zero-order valence-electron chi connectivity index (χ0n) is 7.90. The predicted molar refractivity (Wildman–Crippen MR) is 53.2 cm³/mol. The molecule has 0 unspecified atom stereocenters. The molecule has 0 aliphatic rings. The normalized spacial score (nSPS) is 10.8. The molecule has 0 atom stereocenters. The fourth-order valence-electron chi connectivity index (χ4n) is 1.09. The number of carbonyl (C=O) groups excluding carboxylic acids is 1. The van der Waals surface area contributed by atoms with Gasteiger partial charge in [-0.25, -0.2) is 4.39 Å². The number of hydrogen-bond donors (Lipinski definition) is 1. The zero-order chi connectivity index (χ0) is 11.3. The van der Waals surface area contributed by atoms with E-state index >= 15 is 0 Å². The summed E-state index contributed by atoms with van der Waals surface area (Å²) >= 11 is 0. The van der Waals surface area contributed by atoms with E-state index in [1.54, 1.807) is 12.1 Å². The van der Waals surface area contributed by atoms with Crippen molar-refractivity contribution < 1.29 is 9.18 Å². The van der Waals surface area contributed by atoms with E-state index in [0.717, 1.165) is 6.20 Å². The monoisotopic (exact) mass is 204 g/mol. The van der Waals surface area contributed by atoms with Crippen LogP contribution in [0.2, 0.25) is 0 Å². The van der Waals surface area contributed by atoms with E-state index in [1.165, 1.54) is 18.2 Å². The van der Waals surface area contributed by atoms with E-state index in [0.29, 0.717) is 0 Å². The molecule has 0 heterocycles. The van der Waals surface area contributed by atoms with Crippen molar-refractivity contribution in [3.05, 3.63) is 47.4 Å². The fraction of sp³-hybridized carbons (Fsp3) is 0.0909. The Hall–Kier alpha value is -2.15. The summed E-state index contributed by atoms with van der Waals surface area (Å²) in [5.41, 5.74) is 5.22. The molecule has 0 aliphatic carbocycles. The number of benzene rings is 1. The third-order valence-corrected chi connectivity index (χ3v) is 1.87. The minimum atomic E-state index is -0.586. The second kappa shape index (κ2) is 4.91. The van der Waals surface area contributed by atoms with Gasteiger partial charge in [0.1, 0.15) is 5.82 Å². The summed E-state index contributed by atoms with van der Waals surface area (Å²) in [5.74, 6) is -1.04. The average Bonchev–Trinajstić information content (AvgIpc) is 2.26. The van der Waals surface area contributed by atoms with Crippen LogP contribution in [-0.4, -0.2) is 5.78 Å². The minimum absolute atomic E-state index is 0.0212. The fourth-order valence-corrected chi connectivity index (χ4v) is 1.09. The summed E-state index contributed by atoms with van der Waals surface area (Å²) in [5, 5.41) is 8.55. The number of nitriles is 1. The molecule has 1 rings (SSSR count). The third-order valence-electron chi connectivity index (χ3n) is 1.87. The smallest absolute Gasteiger partial charge is 0.170 e. The van der Waals surface area contributed by atoms with Crippen molar-refractivity contribution in [2.45, 2.75) is 6.42 Å². The van der Waals surface area contributed by atoms with Gasteiger partial charge < -0.3 is 5.73 Å². The van der Waals surface area contributed by atoms with Gasteiger partial charge >= 0.3 is 0 Å². The molecule has 4 heteroatoms. The number of ketones is 1. The quantitative estimate of drug-likeness (QED) is 0.602. The molecular formula is C11H9FN2O. The van der Waals surface area contributed by atoms with Crippen molar-refractivity contribution >= 4 is 5.78 Å². The molecule has 1 aromatic rings. The first-order valence-corrected chi connectivity index (χ1v) is 4.27. The van der Waals surface area contributed by atoms with E-state index < -0.39 is 11.6 Å². The molecule has 15 heavy (non-hydrogen) atoms. The van der Waals surface area contributed by atoms with Crippen LogP contribution in [0.5, 0.6) is 0 Å². The lowest BCUT2D eigenvalue weighted by molar-refractivity contribution is 0.0990. The lowest BCUT2D eigenvalue weighted by Gasteiger charge is -2.00. The molecule has 3 nitrogen and oxygen atoms in total. The van der Waals surface area contributed by atoms with Gasteiger partial charge in [-0.3, -0.25) is 4.79 Å². The maximum absolute atomic E-state index is 13.1. The Labute approximate surface area is 86.6 Å². The number of halogens is 1. The topological polar surface area (TPSA) is 66.9 Å². The van der Waals surface area contributed by atoms with Gasteiger partial charge in [-0.1, -0.05) is 12.1 Å². The standard InChI is InChI=1S/C11H9FN2O/c12-10-4-2-1-3-9(10)11(15)5-8(6-13)7-14/h1-4,6H,5,13H2/b8-6-. The Morgan fingerprint density at radius 1 is 1.53 bits per heavy atom. The number of nitrogens with two attached hydrogens (primary N) is 1. The number of carbonyl (C=O) groups is 1. The van der Waals surface area contributed by atoms with Crippen LogP contribution in [0, 0.1) is 17.1 Å². The van der Waals surface area contributed by atoms with Crippen molar-refractivity contribution in [3.8, 4) is 6.07 Å². The molecule has 0 saturated carbocycles. The highest BCUT2D eigenvalue weighted by atomic mass is 19.1. The number of rotatable bonds is 3. The van der Waals surface area contributed by atoms with Gasteiger partial charge in [0.05, 0.1) is 17.2 Å². The third kappa shape index (κ3) is 2.64. The van der Waals surface area contributed by atoms with E-state index in [9.17, 15) is 9.18 Å². The molecular weight excluding hydrogens is 195 g/mol. The Kier molecular flexibility index (Phi) is 3.58. The highest BCUT2D eigenvalue weighted by Crippen LogP contribution is 2.11. The SMILES string of the molecule is N#C/C(=C\N)CC(=O)c1ccccc1F. The zero-order valence-corrected chi connectivity index (χ0v) is 7.90. The molecule has 0 aromatic heterocycles. The maximum Gasteiger partial charge on any atom is 0.170 e. The van der Waals surface area contributed by atoms with Crippen LogP contribution in [0.4, 0.5) is 4.39 Å². The van der Waals surface area contributed by atoms with Crippen LogP contribution < -0.4 is 5.73 Å². The predicted octanol–water partition coefficient (Wildman–Crippen LogP) is 1.76. The first-order valence-electron chi connectivity index (χ1n) is 4.27. The van der Waals surface area contributed by atoms with Gasteiger partial charge in [-0.15, -0.1) is 0 Å². The Balaban J connectivity index is 2.88. The lowest BCUT2D eigenvalue weighted by atomic mass is 10.0. The van der Waals surface area contributed by atoms with E-state index in [2.05, 4.69) is 0 Å². The molecule has 2 N–H and O–H groups in total. The van der Waals surface area contributed by atoms with E-state index in [-0.39, 0.29) is 17.6 Å². The van der Waals surface area contributed by atoms with Gasteiger partial charge in [-0.2, -0.15) is 5.26 Å². The van der Waals surface area contributed by atoms with Crippen LogP contribution >= 0.6 is 0 Å². The maximum atomic E-state index is 13.1. The largest absolute Gasteiger partial charge is 0.404 e. The summed E-state index contributed by atoms with van der Waals surface area (Å²) in [6, 6.07) is 7.40. The summed E-state index contributed by atoms with van der Waals surface area (Å²) in [6.45, 7) is 0. The molecule has 0 spiro atoms. The van der Waals surface area contributed by atoms with Crippen LogP contribution in [-0.2, 0) is 0 Å². The second-order valence-corrected chi connectivity index (χ2v) is 2.88. The Morgan fingerprint density at radius 2 is 2.20 bits per heavy atom. The van der Waals surface area contributed by atoms with Gasteiger partial charge in [0, 0.05) is 12.6 Å². The molecule has 0 amide bonds. The first-order chi connectivity index (χ1) is 7.19. The van der Waals surface area contributed by atoms with Gasteiger partial charge in [0.25, 0.3) is 0 Å². The van der Waals surface area contributed by atoms with Crippen LogP contribution in [0.15, 0.2) is 36.0 Å². The molecule has 1 aromatic carbocycles. The number of hydrogen-bond acceptors (Lipinski definition) is 3. The molecule has 0 radical (unpaired) electrons. The molecule has 0 bridgehead atoms. The Morgan fingerprint density at radius 3 is 2.73 bits per heavy atom. The molecule has 76 valence electrons. The number of nitrogens with zero attached hydrogens (tertiary/aromatic N) is 1. The summed E-state index contributed by atoms with van der Waals surface area (Å²) in [7, 11) is 0. The first kappa shape index (κ1) is 10.9. The van der Waals surface area contributed by atoms with Crippen LogP contribution in [0.25, 0.3) is 0 Å². The molecule has 0 fully saturated rings. The average molecular weight is 204 g/mol. The number of allylic oxidation sites excluding steroid dienone is 1. The van der Waals surface area contributed by atoms with Crippen molar-refractivity contribution in [1.29, 1.82) is 5.26 Å². The highest BCUT2D eigenvalue weighted by molar-refractivity contribution is 5.98. The molecule has 0 saturated heterocycles. The van der Waals surface area contributed by atoms with Gasteiger partial charge in [-0.05, 0) is 12.1 Å². The summed E-state index contributed by atoms with van der Waals surface area (Å²) in [6.07, 6.45) is 0.882. The lowest BCUT2D eigenvalue weighted by Crippen LogP contribution is -2.04. The minimum Gasteiger partial charge on any atom is -0.404 e. The summed E-state index contributed by atoms with van der Waals surface area (Å²) in [4.78, 5) is 11.5.